The Morgan fingerprint density at radius 3 is 2.84 bits per heavy atom. The highest BCUT2D eigenvalue weighted by Crippen LogP contribution is 2.26. The minimum Gasteiger partial charge on any atom is -0.489 e. The maximum Gasteiger partial charge on any atom is 0.222 e. The quantitative estimate of drug-likeness (QED) is 0.812. The van der Waals surface area contributed by atoms with Gasteiger partial charge in [-0.15, -0.1) is 0 Å². The Labute approximate surface area is 147 Å². The zero-order valence-electron chi connectivity index (χ0n) is 14.1. The van der Waals surface area contributed by atoms with Crippen molar-refractivity contribution < 1.29 is 13.9 Å². The van der Waals surface area contributed by atoms with Gasteiger partial charge >= 0.3 is 0 Å². The van der Waals surface area contributed by atoms with Crippen molar-refractivity contribution in [2.24, 2.45) is 11.7 Å². The van der Waals surface area contributed by atoms with E-state index in [4.69, 9.17) is 10.5 Å². The molecule has 2 aromatic rings. The minimum absolute atomic E-state index is 0.0829. The summed E-state index contributed by atoms with van der Waals surface area (Å²) in [6, 6.07) is 14.4. The summed E-state index contributed by atoms with van der Waals surface area (Å²) in [6.45, 7) is 0.835. The zero-order valence-corrected chi connectivity index (χ0v) is 14.1. The second kappa shape index (κ2) is 8.12. The molecule has 3 rings (SSSR count). The first-order valence-corrected chi connectivity index (χ1v) is 8.61. The van der Waals surface area contributed by atoms with Gasteiger partial charge in [0.05, 0.1) is 5.92 Å². The van der Waals surface area contributed by atoms with Crippen LogP contribution in [0.25, 0.3) is 0 Å². The van der Waals surface area contributed by atoms with Crippen molar-refractivity contribution in [3.63, 3.8) is 0 Å². The van der Waals surface area contributed by atoms with E-state index in [2.05, 4.69) is 5.32 Å². The molecule has 2 aromatic carbocycles. The third-order valence-electron chi connectivity index (χ3n) is 4.70. The standard InChI is InChI=1S/C20H23FN2O2/c21-18-9-2-1-6-15(18)13-25-16-7-3-5-14(11-16)12-23-19-10-4-8-17(19)20(22)24/h1-3,5-7,9,11,17,19,23H,4,8,10,12-13H2,(H2,22,24)/t17-,19+/m1/s1. The number of benzene rings is 2. The van der Waals surface area contributed by atoms with Gasteiger partial charge in [0.2, 0.25) is 5.91 Å². The highest BCUT2D eigenvalue weighted by Gasteiger charge is 2.30. The van der Waals surface area contributed by atoms with Gasteiger partial charge in [-0.2, -0.15) is 0 Å². The summed E-state index contributed by atoms with van der Waals surface area (Å²) >= 11 is 0. The van der Waals surface area contributed by atoms with Crippen molar-refractivity contribution >= 4 is 5.91 Å². The van der Waals surface area contributed by atoms with Gasteiger partial charge in [0.25, 0.3) is 0 Å². The van der Waals surface area contributed by atoms with Crippen LogP contribution in [0.15, 0.2) is 48.5 Å². The van der Waals surface area contributed by atoms with Gasteiger partial charge in [-0.05, 0) is 36.6 Å². The van der Waals surface area contributed by atoms with E-state index < -0.39 is 0 Å². The Balaban J connectivity index is 1.56. The average molecular weight is 342 g/mol. The molecule has 0 aliphatic heterocycles. The molecule has 1 saturated carbocycles. The average Bonchev–Trinajstić information content (AvgIpc) is 3.09. The van der Waals surface area contributed by atoms with Gasteiger partial charge in [-0.3, -0.25) is 4.79 Å². The molecule has 3 N–H and O–H groups in total. The molecule has 1 fully saturated rings. The maximum absolute atomic E-state index is 13.6. The molecule has 132 valence electrons. The van der Waals surface area contributed by atoms with Gasteiger partial charge in [0.15, 0.2) is 0 Å². The highest BCUT2D eigenvalue weighted by molar-refractivity contribution is 5.77. The summed E-state index contributed by atoms with van der Waals surface area (Å²) in [4.78, 5) is 11.5. The van der Waals surface area contributed by atoms with Crippen LogP contribution in [0.4, 0.5) is 4.39 Å². The number of nitrogens with one attached hydrogen (secondary N) is 1. The number of hydrogen-bond acceptors (Lipinski definition) is 3. The molecule has 0 aromatic heterocycles. The Hall–Kier alpha value is -2.40. The number of amides is 1. The second-order valence-corrected chi connectivity index (χ2v) is 6.45. The molecule has 1 aliphatic rings. The molecule has 0 bridgehead atoms. The van der Waals surface area contributed by atoms with E-state index in [-0.39, 0.29) is 30.3 Å². The van der Waals surface area contributed by atoms with Crippen LogP contribution in [0.3, 0.4) is 0 Å². The topological polar surface area (TPSA) is 64.4 Å². The monoisotopic (exact) mass is 342 g/mol. The SMILES string of the molecule is NC(=O)[C@@H]1CCC[C@@H]1NCc1cccc(OCc2ccccc2F)c1. The number of rotatable bonds is 7. The van der Waals surface area contributed by atoms with Gasteiger partial charge < -0.3 is 15.8 Å². The fourth-order valence-electron chi connectivity index (χ4n) is 3.32. The summed E-state index contributed by atoms with van der Waals surface area (Å²) in [6.07, 6.45) is 2.85. The molecule has 0 heterocycles. The van der Waals surface area contributed by atoms with Crippen molar-refractivity contribution in [2.45, 2.75) is 38.5 Å². The number of hydrogen-bond donors (Lipinski definition) is 2. The third kappa shape index (κ3) is 4.57. The maximum atomic E-state index is 13.6. The first-order chi connectivity index (χ1) is 12.1. The lowest BCUT2D eigenvalue weighted by Gasteiger charge is -2.18. The van der Waals surface area contributed by atoms with E-state index >= 15 is 0 Å². The summed E-state index contributed by atoms with van der Waals surface area (Å²) in [5, 5.41) is 3.42. The van der Waals surface area contributed by atoms with E-state index in [1.807, 2.05) is 24.3 Å². The van der Waals surface area contributed by atoms with Crippen LogP contribution in [-0.4, -0.2) is 11.9 Å². The predicted octanol–water partition coefficient (Wildman–Crippen LogP) is 3.15. The lowest BCUT2D eigenvalue weighted by atomic mass is 10.0. The van der Waals surface area contributed by atoms with Gasteiger partial charge in [0, 0.05) is 18.2 Å². The normalized spacial score (nSPS) is 19.7. The van der Waals surface area contributed by atoms with E-state index in [0.29, 0.717) is 17.9 Å². The Bertz CT molecular complexity index is 735. The second-order valence-electron chi connectivity index (χ2n) is 6.45. The lowest BCUT2D eigenvalue weighted by Crippen LogP contribution is -2.38. The molecule has 0 radical (unpaired) electrons. The first kappa shape index (κ1) is 17.4. The van der Waals surface area contributed by atoms with Crippen LogP contribution in [-0.2, 0) is 17.9 Å². The Morgan fingerprint density at radius 2 is 2.04 bits per heavy atom. The number of ether oxygens (including phenoxy) is 1. The molecular formula is C20H23FN2O2. The number of primary amides is 1. The fourth-order valence-corrected chi connectivity index (χ4v) is 3.32. The number of nitrogens with two attached hydrogens (primary N) is 1. The summed E-state index contributed by atoms with van der Waals surface area (Å²) < 4.78 is 19.3. The molecule has 1 aliphatic carbocycles. The van der Waals surface area contributed by atoms with Gasteiger partial charge in [-0.1, -0.05) is 36.8 Å². The fraction of sp³-hybridized carbons (Fsp3) is 0.350. The zero-order chi connectivity index (χ0) is 17.6. The van der Waals surface area contributed by atoms with Gasteiger partial charge in [-0.25, -0.2) is 4.39 Å². The summed E-state index contributed by atoms with van der Waals surface area (Å²) in [5.41, 5.74) is 7.04. The molecule has 5 heteroatoms. The molecule has 0 spiro atoms. The molecular weight excluding hydrogens is 319 g/mol. The van der Waals surface area contributed by atoms with Crippen LogP contribution in [0.5, 0.6) is 5.75 Å². The summed E-state index contributed by atoms with van der Waals surface area (Å²) in [7, 11) is 0. The van der Waals surface area contributed by atoms with Crippen molar-refractivity contribution in [3.8, 4) is 5.75 Å². The van der Waals surface area contributed by atoms with Crippen LogP contribution < -0.4 is 15.8 Å². The molecule has 0 saturated heterocycles. The van der Waals surface area contributed by atoms with E-state index in [1.54, 1.807) is 18.2 Å². The largest absolute Gasteiger partial charge is 0.489 e. The number of carbonyl (C=O) groups excluding carboxylic acids is 1. The molecule has 1 amide bonds. The van der Waals surface area contributed by atoms with Crippen LogP contribution in [0.2, 0.25) is 0 Å². The third-order valence-corrected chi connectivity index (χ3v) is 4.70. The van der Waals surface area contributed by atoms with Crippen LogP contribution in [0.1, 0.15) is 30.4 Å². The van der Waals surface area contributed by atoms with E-state index in [1.165, 1.54) is 6.07 Å². The van der Waals surface area contributed by atoms with E-state index in [0.717, 1.165) is 24.8 Å². The van der Waals surface area contributed by atoms with Crippen LogP contribution >= 0.6 is 0 Å². The minimum atomic E-state index is -0.265. The first-order valence-electron chi connectivity index (χ1n) is 8.61. The van der Waals surface area contributed by atoms with Crippen molar-refractivity contribution in [3.05, 3.63) is 65.5 Å². The molecule has 0 unspecified atom stereocenters. The van der Waals surface area contributed by atoms with Crippen molar-refractivity contribution in [2.75, 3.05) is 0 Å². The highest BCUT2D eigenvalue weighted by atomic mass is 19.1. The smallest absolute Gasteiger partial charge is 0.222 e. The Morgan fingerprint density at radius 1 is 1.20 bits per heavy atom. The van der Waals surface area contributed by atoms with Gasteiger partial charge in [0.1, 0.15) is 18.2 Å². The van der Waals surface area contributed by atoms with Crippen molar-refractivity contribution in [1.82, 2.24) is 5.32 Å². The Kier molecular flexibility index (Phi) is 5.66. The lowest BCUT2D eigenvalue weighted by molar-refractivity contribution is -0.122. The number of halogens is 1. The predicted molar refractivity (Wildman–Crippen MR) is 94.3 cm³/mol. The molecule has 4 nitrogen and oxygen atoms in total. The van der Waals surface area contributed by atoms with E-state index in [9.17, 15) is 9.18 Å². The molecule has 25 heavy (non-hydrogen) atoms. The molecule has 2 atom stereocenters. The summed E-state index contributed by atoms with van der Waals surface area (Å²) in [5.74, 6) is 0.122. The van der Waals surface area contributed by atoms with Crippen LogP contribution in [0, 0.1) is 11.7 Å². The number of carbonyl (C=O) groups is 1. The van der Waals surface area contributed by atoms with Crippen molar-refractivity contribution in [1.29, 1.82) is 0 Å².